The molecule has 124 valence electrons. The lowest BCUT2D eigenvalue weighted by molar-refractivity contribution is 0.100. The van der Waals surface area contributed by atoms with E-state index in [0.29, 0.717) is 16.7 Å². The average molecular weight is 325 g/mol. The molecule has 1 aliphatic heterocycles. The second kappa shape index (κ2) is 5.96. The van der Waals surface area contributed by atoms with Crippen molar-refractivity contribution in [3.8, 4) is 5.75 Å². The Labute approximate surface area is 141 Å². The summed E-state index contributed by atoms with van der Waals surface area (Å²) in [5, 5.41) is 12.9. The van der Waals surface area contributed by atoms with E-state index in [1.165, 1.54) is 0 Å². The summed E-state index contributed by atoms with van der Waals surface area (Å²) in [6.45, 7) is 5.70. The molecule has 0 spiro atoms. The maximum Gasteiger partial charge on any atom is 0.492 e. The Balaban J connectivity index is 1.83. The monoisotopic (exact) mass is 325 g/mol. The average Bonchev–Trinajstić information content (AvgIpc) is 2.76. The van der Waals surface area contributed by atoms with E-state index >= 15 is 0 Å². The van der Waals surface area contributed by atoms with E-state index < -0.39 is 12.7 Å². The molecule has 0 fully saturated rings. The van der Waals surface area contributed by atoms with Crippen molar-refractivity contribution in [3.05, 3.63) is 53.1 Å². The standard InChI is InChI=1S/C18H20BNO4/c1-11-9-12(5-8-16(11)23-4)17(21)20-13-6-7-14-15(10-13)19(22)24-18(14,2)3/h5-10,22H,1-4H3,(H,20,21). The zero-order chi connectivity index (χ0) is 17.5. The summed E-state index contributed by atoms with van der Waals surface area (Å²) in [7, 11) is 0.622. The fourth-order valence-corrected chi connectivity index (χ4v) is 3.02. The van der Waals surface area contributed by atoms with Crippen LogP contribution >= 0.6 is 0 Å². The molecule has 0 aromatic heterocycles. The number of nitrogens with one attached hydrogen (secondary N) is 1. The number of amides is 1. The smallest absolute Gasteiger partial charge is 0.492 e. The molecule has 2 N–H and O–H groups in total. The van der Waals surface area contributed by atoms with Gasteiger partial charge in [-0.2, -0.15) is 0 Å². The maximum absolute atomic E-state index is 12.4. The van der Waals surface area contributed by atoms with Gasteiger partial charge >= 0.3 is 7.12 Å². The molecular weight excluding hydrogens is 305 g/mol. The number of benzene rings is 2. The van der Waals surface area contributed by atoms with E-state index in [1.807, 2.05) is 32.9 Å². The van der Waals surface area contributed by atoms with E-state index in [2.05, 4.69) is 5.32 Å². The van der Waals surface area contributed by atoms with Crippen molar-refractivity contribution in [2.24, 2.45) is 0 Å². The highest BCUT2D eigenvalue weighted by atomic mass is 16.5. The highest BCUT2D eigenvalue weighted by Crippen LogP contribution is 2.30. The van der Waals surface area contributed by atoms with Gasteiger partial charge in [0.1, 0.15) is 5.75 Å². The molecule has 1 aliphatic rings. The number of fused-ring (bicyclic) bond motifs is 1. The highest BCUT2D eigenvalue weighted by molar-refractivity contribution is 6.62. The Kier molecular flexibility index (Phi) is 4.11. The van der Waals surface area contributed by atoms with Crippen LogP contribution in [0.5, 0.6) is 5.75 Å². The normalized spacial score (nSPS) is 15.1. The topological polar surface area (TPSA) is 67.8 Å². The van der Waals surface area contributed by atoms with Crippen molar-refractivity contribution in [3.63, 3.8) is 0 Å². The summed E-state index contributed by atoms with van der Waals surface area (Å²) in [5.41, 5.74) is 3.13. The quantitative estimate of drug-likeness (QED) is 0.849. The van der Waals surface area contributed by atoms with Gasteiger partial charge in [-0.15, -0.1) is 0 Å². The Morgan fingerprint density at radius 1 is 1.25 bits per heavy atom. The van der Waals surface area contributed by atoms with Crippen LogP contribution in [0.4, 0.5) is 5.69 Å². The summed E-state index contributed by atoms with van der Waals surface area (Å²) >= 11 is 0. The van der Waals surface area contributed by atoms with E-state index in [4.69, 9.17) is 9.39 Å². The van der Waals surface area contributed by atoms with Gasteiger partial charge in [-0.05, 0) is 67.7 Å². The molecule has 6 heteroatoms. The minimum atomic E-state index is -0.977. The predicted octanol–water partition coefficient (Wildman–Crippen LogP) is 2.21. The molecule has 0 saturated carbocycles. The third-order valence-corrected chi connectivity index (χ3v) is 4.29. The van der Waals surface area contributed by atoms with Gasteiger partial charge in [0, 0.05) is 11.3 Å². The third kappa shape index (κ3) is 2.90. The number of anilines is 1. The van der Waals surface area contributed by atoms with Crippen LogP contribution in [-0.2, 0) is 10.3 Å². The van der Waals surface area contributed by atoms with Crippen molar-refractivity contribution >= 4 is 24.2 Å². The second-order valence-corrected chi connectivity index (χ2v) is 6.42. The first-order valence-corrected chi connectivity index (χ1v) is 7.78. The molecule has 0 bridgehead atoms. The lowest BCUT2D eigenvalue weighted by Gasteiger charge is -2.19. The molecule has 0 radical (unpaired) electrons. The van der Waals surface area contributed by atoms with Crippen LogP contribution in [0.15, 0.2) is 36.4 Å². The highest BCUT2D eigenvalue weighted by Gasteiger charge is 2.40. The molecule has 2 aromatic rings. The van der Waals surface area contributed by atoms with Gasteiger partial charge in [0.15, 0.2) is 0 Å². The van der Waals surface area contributed by atoms with Crippen molar-refractivity contribution in [2.45, 2.75) is 26.4 Å². The largest absolute Gasteiger partial charge is 0.496 e. The third-order valence-electron chi connectivity index (χ3n) is 4.29. The molecule has 0 unspecified atom stereocenters. The van der Waals surface area contributed by atoms with Gasteiger partial charge in [0.25, 0.3) is 5.91 Å². The SMILES string of the molecule is COc1ccc(C(=O)Nc2ccc3c(c2)B(O)OC3(C)C)cc1C. The Bertz CT molecular complexity index is 804. The van der Waals surface area contributed by atoms with E-state index in [1.54, 1.807) is 31.4 Å². The number of aryl methyl sites for hydroxylation is 1. The lowest BCUT2D eigenvalue weighted by atomic mass is 9.78. The van der Waals surface area contributed by atoms with Crippen LogP contribution in [-0.4, -0.2) is 25.2 Å². The van der Waals surface area contributed by atoms with Gasteiger partial charge in [0.05, 0.1) is 12.7 Å². The maximum atomic E-state index is 12.4. The van der Waals surface area contributed by atoms with Gasteiger partial charge in [-0.25, -0.2) is 0 Å². The molecule has 24 heavy (non-hydrogen) atoms. The van der Waals surface area contributed by atoms with Crippen molar-refractivity contribution in [2.75, 3.05) is 12.4 Å². The summed E-state index contributed by atoms with van der Waals surface area (Å²) < 4.78 is 10.7. The molecule has 1 heterocycles. The van der Waals surface area contributed by atoms with Gasteiger partial charge < -0.3 is 19.7 Å². The molecule has 0 atom stereocenters. The molecule has 2 aromatic carbocycles. The fraction of sp³-hybridized carbons (Fsp3) is 0.278. The van der Waals surface area contributed by atoms with Crippen molar-refractivity contribution in [1.82, 2.24) is 0 Å². The second-order valence-electron chi connectivity index (χ2n) is 6.42. The van der Waals surface area contributed by atoms with Crippen LogP contribution in [0.25, 0.3) is 0 Å². The summed E-state index contributed by atoms with van der Waals surface area (Å²) in [5.74, 6) is 0.528. The van der Waals surface area contributed by atoms with E-state index in [9.17, 15) is 9.82 Å². The molecule has 0 saturated heterocycles. The number of hydrogen-bond acceptors (Lipinski definition) is 4. The van der Waals surface area contributed by atoms with Gasteiger partial charge in [-0.1, -0.05) is 6.07 Å². The number of carbonyl (C=O) groups excluding carboxylic acids is 1. The van der Waals surface area contributed by atoms with Crippen molar-refractivity contribution in [1.29, 1.82) is 0 Å². The number of ether oxygens (including phenoxy) is 1. The Morgan fingerprint density at radius 3 is 2.67 bits per heavy atom. The van der Waals surface area contributed by atoms with Crippen LogP contribution < -0.4 is 15.5 Å². The summed E-state index contributed by atoms with van der Waals surface area (Å²) in [6.07, 6.45) is 0. The number of methoxy groups -OCH3 is 1. The van der Waals surface area contributed by atoms with E-state index in [-0.39, 0.29) is 5.91 Å². The first-order chi connectivity index (χ1) is 11.3. The van der Waals surface area contributed by atoms with Crippen LogP contribution in [0.3, 0.4) is 0 Å². The molecule has 5 nitrogen and oxygen atoms in total. The van der Waals surface area contributed by atoms with Crippen molar-refractivity contribution < 1.29 is 19.2 Å². The fourth-order valence-electron chi connectivity index (χ4n) is 3.02. The first kappa shape index (κ1) is 16.5. The molecule has 3 rings (SSSR count). The van der Waals surface area contributed by atoms with E-state index in [0.717, 1.165) is 16.9 Å². The van der Waals surface area contributed by atoms with Crippen LogP contribution in [0.1, 0.15) is 35.3 Å². The minimum Gasteiger partial charge on any atom is -0.496 e. The van der Waals surface area contributed by atoms with Gasteiger partial charge in [0.2, 0.25) is 0 Å². The van der Waals surface area contributed by atoms with Crippen LogP contribution in [0, 0.1) is 6.92 Å². The zero-order valence-corrected chi connectivity index (χ0v) is 14.2. The first-order valence-electron chi connectivity index (χ1n) is 7.78. The molecule has 0 aliphatic carbocycles. The Morgan fingerprint density at radius 2 is 2.00 bits per heavy atom. The van der Waals surface area contributed by atoms with Crippen LogP contribution in [0.2, 0.25) is 0 Å². The molecule has 1 amide bonds. The summed E-state index contributed by atoms with van der Waals surface area (Å²) in [4.78, 5) is 12.4. The molecular formula is C18H20BNO4. The lowest BCUT2D eigenvalue weighted by Crippen LogP contribution is -2.29. The number of carbonyl (C=O) groups is 1. The predicted molar refractivity (Wildman–Crippen MR) is 93.8 cm³/mol. The summed E-state index contributed by atoms with van der Waals surface area (Å²) in [6, 6.07) is 10.7. The number of rotatable bonds is 3. The Hall–Kier alpha value is -2.31. The zero-order valence-electron chi connectivity index (χ0n) is 14.2. The minimum absolute atomic E-state index is 0.214. The number of hydrogen-bond donors (Lipinski definition) is 2. The van der Waals surface area contributed by atoms with Gasteiger partial charge in [-0.3, -0.25) is 4.79 Å².